The molecule has 92 heavy (non-hydrogen) atoms. The zero-order chi connectivity index (χ0) is 69.1. The molecule has 0 aromatic carbocycles. The van der Waals surface area contributed by atoms with Crippen LogP contribution in [0, 0.1) is 34.6 Å². The first kappa shape index (κ1) is 73.1. The lowest BCUT2D eigenvalue weighted by Crippen LogP contribution is -2.40. The van der Waals surface area contributed by atoms with Gasteiger partial charge in [0.05, 0.1) is 29.4 Å². The van der Waals surface area contributed by atoms with E-state index in [0.29, 0.717) is 70.4 Å². The normalized spacial score (nSPS) is 13.8. The Balaban J connectivity index is 0.000000195. The monoisotopic (exact) mass is 1260 g/mol. The molecule has 0 atom stereocenters. The number of allylic oxidation sites excluding steroid dienone is 1. The van der Waals surface area contributed by atoms with Gasteiger partial charge in [-0.3, -0.25) is 19.2 Å². The van der Waals surface area contributed by atoms with E-state index in [1.165, 1.54) is 12.5 Å². The van der Waals surface area contributed by atoms with Gasteiger partial charge in [0, 0.05) is 90.2 Å². The van der Waals surface area contributed by atoms with Crippen LogP contribution in [0.25, 0.3) is 33.2 Å². The van der Waals surface area contributed by atoms with Crippen molar-refractivity contribution in [3.05, 3.63) is 155 Å². The van der Waals surface area contributed by atoms with Gasteiger partial charge < -0.3 is 49.0 Å². The Hall–Kier alpha value is -9.68. The summed E-state index contributed by atoms with van der Waals surface area (Å²) >= 11 is 0. The fourth-order valence-corrected chi connectivity index (χ4v) is 9.34. The smallest absolute Gasteiger partial charge is 0.279 e. The van der Waals surface area contributed by atoms with E-state index in [0.717, 1.165) is 68.0 Å². The van der Waals surface area contributed by atoms with Gasteiger partial charge in [0.2, 0.25) is 5.82 Å². The Morgan fingerprint density at radius 3 is 1.62 bits per heavy atom. The van der Waals surface area contributed by atoms with E-state index >= 15 is 0 Å². The fraction of sp³-hybridized carbons (Fsp3) is 0.463. The van der Waals surface area contributed by atoms with E-state index in [2.05, 4.69) is 185 Å². The molecule has 0 bridgehead atoms. The summed E-state index contributed by atoms with van der Waals surface area (Å²) in [5.74, 6) is 4.91. The molecule has 3 aliphatic heterocycles. The van der Waals surface area contributed by atoms with Gasteiger partial charge in [0.1, 0.15) is 63.9 Å². The first-order valence-corrected chi connectivity index (χ1v) is 30.9. The summed E-state index contributed by atoms with van der Waals surface area (Å²) in [7, 11) is 0. The second kappa shape index (κ2) is 30.9. The molecule has 0 fully saturated rings. The molecule has 11 rings (SSSR count). The van der Waals surface area contributed by atoms with Crippen LogP contribution in [0.15, 0.2) is 114 Å². The van der Waals surface area contributed by atoms with Gasteiger partial charge in [-0.1, -0.05) is 19.7 Å². The molecular formula is C67H97N21O4. The van der Waals surface area contributed by atoms with Gasteiger partial charge in [-0.05, 0) is 177 Å². The molecule has 0 spiro atoms. The molecule has 0 aliphatic carbocycles. The van der Waals surface area contributed by atoms with Crippen LogP contribution in [0.4, 0.5) is 5.82 Å². The summed E-state index contributed by atoms with van der Waals surface area (Å²) < 4.78 is 9.83. The third-order valence-electron chi connectivity index (χ3n) is 14.4. The first-order valence-electron chi connectivity index (χ1n) is 30.9. The van der Waals surface area contributed by atoms with Crippen LogP contribution in [0.3, 0.4) is 0 Å². The predicted octanol–water partition coefficient (Wildman–Crippen LogP) is 12.3. The average molecular weight is 1260 g/mol. The molecule has 0 radical (unpaired) electrons. The molecule has 0 saturated heterocycles. The van der Waals surface area contributed by atoms with Crippen LogP contribution < -0.4 is 21.5 Å². The Kier molecular flexibility index (Phi) is 24.5. The molecule has 25 nitrogen and oxygen atoms in total. The molecule has 25 heteroatoms. The molecule has 8 aromatic rings. The second-order valence-corrected chi connectivity index (χ2v) is 25.3. The number of carbonyl (C=O) groups is 3. The maximum absolute atomic E-state index is 11.5. The number of rotatable bonds is 7. The summed E-state index contributed by atoms with van der Waals surface area (Å²) in [6.45, 7) is 59.4. The summed E-state index contributed by atoms with van der Waals surface area (Å²) in [4.78, 5) is 90.1. The van der Waals surface area contributed by atoms with Gasteiger partial charge in [0.25, 0.3) is 17.4 Å². The minimum absolute atomic E-state index is 0.0584. The van der Waals surface area contributed by atoms with Crippen molar-refractivity contribution in [1.82, 2.24) is 93.3 Å². The minimum Gasteiger partial charge on any atom is -0.332 e. The number of Topliss-reactive ketones (excluding diaryl/α,β-unsaturated/α-hetero) is 1. The molecule has 0 unspecified atom stereocenters. The van der Waals surface area contributed by atoms with Crippen molar-refractivity contribution in [1.29, 1.82) is 0 Å². The number of aromatic amines is 1. The second-order valence-electron chi connectivity index (χ2n) is 25.3. The molecule has 11 heterocycles. The van der Waals surface area contributed by atoms with E-state index < -0.39 is 0 Å². The molecule has 3 aliphatic rings. The average Bonchev–Trinajstić information content (AvgIpc) is 1.75. The number of H-pyrrole nitrogens is 1. The van der Waals surface area contributed by atoms with Crippen molar-refractivity contribution in [3.63, 3.8) is 0 Å². The number of anilines is 1. The Morgan fingerprint density at radius 2 is 1.10 bits per heavy atom. The van der Waals surface area contributed by atoms with Crippen molar-refractivity contribution in [2.24, 2.45) is 4.99 Å². The Bertz CT molecular complexity index is 4050. The van der Waals surface area contributed by atoms with E-state index in [1.807, 2.05) is 116 Å². The highest BCUT2D eigenvalue weighted by molar-refractivity contribution is 6.01. The molecule has 0 saturated carbocycles. The van der Waals surface area contributed by atoms with Crippen molar-refractivity contribution in [2.45, 2.75) is 208 Å². The molecule has 8 aromatic heterocycles. The van der Waals surface area contributed by atoms with Crippen LogP contribution >= 0.6 is 0 Å². The molecule has 2 amide bonds. The summed E-state index contributed by atoms with van der Waals surface area (Å²) in [6.07, 6.45) is 13.0. The highest BCUT2D eigenvalue weighted by atomic mass is 16.2. The number of aryl methyl sites for hydroxylation is 5. The van der Waals surface area contributed by atoms with Gasteiger partial charge in [-0.2, -0.15) is 0 Å². The van der Waals surface area contributed by atoms with Crippen LogP contribution in [0.1, 0.15) is 206 Å². The predicted molar refractivity (Wildman–Crippen MR) is 367 cm³/mol. The quantitative estimate of drug-likeness (QED) is 0.108. The lowest BCUT2D eigenvalue weighted by Gasteiger charge is -2.31. The minimum atomic E-state index is -0.211. The highest BCUT2D eigenvalue weighted by Gasteiger charge is 2.28. The van der Waals surface area contributed by atoms with Crippen LogP contribution in [0.2, 0.25) is 0 Å². The molecular weight excluding hydrogens is 1160 g/mol. The third-order valence-corrected chi connectivity index (χ3v) is 14.4. The Labute approximate surface area is 541 Å². The number of imidazole rings is 2. The lowest BCUT2D eigenvalue weighted by molar-refractivity contribution is -0.117. The van der Waals surface area contributed by atoms with Gasteiger partial charge >= 0.3 is 0 Å². The number of amides is 2. The number of hydrogen-bond acceptors (Lipinski definition) is 17. The third kappa shape index (κ3) is 18.5. The van der Waals surface area contributed by atoms with Crippen LogP contribution in [-0.4, -0.2) is 118 Å². The van der Waals surface area contributed by atoms with E-state index in [4.69, 9.17) is 0 Å². The number of nitrogens with one attached hydrogen (secondary N) is 4. The van der Waals surface area contributed by atoms with Crippen molar-refractivity contribution in [2.75, 3.05) is 5.32 Å². The zero-order valence-corrected chi connectivity index (χ0v) is 58.5. The Morgan fingerprint density at radius 1 is 0.554 bits per heavy atom. The maximum atomic E-state index is 11.5. The van der Waals surface area contributed by atoms with Gasteiger partial charge in [-0.15, -0.1) is 5.10 Å². The van der Waals surface area contributed by atoms with Crippen LogP contribution in [-0.2, 0) is 10.3 Å². The lowest BCUT2D eigenvalue weighted by atomic mass is 10.1. The summed E-state index contributed by atoms with van der Waals surface area (Å²) in [5, 5.41) is 14.1. The summed E-state index contributed by atoms with van der Waals surface area (Å²) in [6, 6.07) is 6.06. The number of fused-ring (bicyclic) bond motifs is 4. The number of nitrogens with zero attached hydrogens (tertiary/aromatic N) is 17. The first-order chi connectivity index (χ1) is 42.8. The topological polar surface area (TPSA) is 280 Å². The zero-order valence-electron chi connectivity index (χ0n) is 58.5. The fourth-order valence-electron chi connectivity index (χ4n) is 9.34. The SMILES string of the molecule is C=C1N=C(C)C(C)=CN1C(C)C.C=C1NC(=O)C(C)=CN1C(C)C.C=C1NC(=O)c2ncn(C(C)(C)C)c2N1.CC(=O)c1ncn(C(C)C)n1.Cc1nc(C)c2ccn(C(C)C)c2n1.Cc1nc(C)c2ncn(C(C)C)c2n1.Cc1nc2c(ccn2C(C)C)c(=O)[nH]1. The summed E-state index contributed by atoms with van der Waals surface area (Å²) in [5.41, 5.74) is 8.90. The standard InChI is InChI=1S/C11H15N3.C10H14N4O.C10H14N4.C10H13N3O.C10H16N2.C9H14N2O.C7H11N3O/c1-7(2)14-6-5-10-8(3)12-9(4)13-11(10)14;1-6-12-8-7(9(15)13-6)11-5-14(8)10(2,3)4;1-6(2)14-5-11-9-7(3)12-8(4)13-10(9)14;1-6(2)13-5-4-8-9(13)11-7(3)12-10(8)14;1-7(2)12-6-8(3)9(4)11-10(12)5;1-6(2)11-5-7(3)9(12)10-8(11)4;1-5(2)10-4-8-7(9-10)6(3)11/h5-7H,1-4H3;5,12H,1H2,2-4H3,(H,13,15);5-6H,1-4H3;4-6H,1-3H3,(H,11,12,14);6-7H,5H2,1-4H3;5-6H,4H2,1-3H3,(H,10,12);4-5H,1-3H3. The van der Waals surface area contributed by atoms with Crippen LogP contribution in [0.5, 0.6) is 0 Å². The van der Waals surface area contributed by atoms with E-state index in [9.17, 15) is 19.2 Å². The number of aliphatic imine (C=N–C) groups is 1. The van der Waals surface area contributed by atoms with E-state index in [-0.39, 0.29) is 34.7 Å². The van der Waals surface area contributed by atoms with Crippen molar-refractivity contribution < 1.29 is 14.4 Å². The molecule has 494 valence electrons. The number of aromatic nitrogens is 15. The van der Waals surface area contributed by atoms with E-state index in [1.54, 1.807) is 37.3 Å². The number of ketones is 1. The molecule has 4 N–H and O–H groups in total. The number of carbonyl (C=O) groups excluding carboxylic acids is 3. The van der Waals surface area contributed by atoms with Crippen molar-refractivity contribution in [3.8, 4) is 0 Å². The highest BCUT2D eigenvalue weighted by Crippen LogP contribution is 2.27. The van der Waals surface area contributed by atoms with Gasteiger partial charge in [0.15, 0.2) is 17.1 Å². The largest absolute Gasteiger partial charge is 0.332 e. The van der Waals surface area contributed by atoms with Crippen molar-refractivity contribution >= 4 is 62.4 Å². The van der Waals surface area contributed by atoms with Gasteiger partial charge in [-0.25, -0.2) is 49.5 Å². The maximum Gasteiger partial charge on any atom is 0.279 e. The number of hydrogen-bond donors (Lipinski definition) is 4.